The Bertz CT molecular complexity index is 1150. The molecule has 0 radical (unpaired) electrons. The molecule has 0 spiro atoms. The second-order valence-corrected chi connectivity index (χ2v) is 10.2. The number of hydrogen-bond donors (Lipinski definition) is 1. The van der Waals surface area contributed by atoms with Gasteiger partial charge in [-0.1, -0.05) is 12.1 Å². The van der Waals surface area contributed by atoms with E-state index in [0.717, 1.165) is 0 Å². The number of hydrogen-bond acceptors (Lipinski definition) is 10. The molecule has 1 N–H and O–H groups in total. The number of carbonyl (C=O) groups is 5. The fraction of sp³-hybridized carbons (Fsp3) is 0.357. The van der Waals surface area contributed by atoms with Crippen LogP contribution in [0.2, 0.25) is 0 Å². The maximum absolute atomic E-state index is 12.4. The zero-order valence-electron chi connectivity index (χ0n) is 22.2. The normalized spacial score (nSPS) is 11.2. The van der Waals surface area contributed by atoms with Gasteiger partial charge in [0.2, 0.25) is 0 Å². The van der Waals surface area contributed by atoms with Gasteiger partial charge in [-0.25, -0.2) is 19.2 Å². The summed E-state index contributed by atoms with van der Waals surface area (Å²) in [4.78, 5) is 61.2. The molecule has 38 heavy (non-hydrogen) atoms. The molecule has 2 rings (SSSR count). The minimum atomic E-state index is -0.983. The van der Waals surface area contributed by atoms with Crippen molar-refractivity contribution in [3.63, 3.8) is 0 Å². The molecule has 0 amide bonds. The molecule has 0 atom stereocenters. The lowest BCUT2D eigenvalue weighted by molar-refractivity contribution is -0.137. The number of rotatable bonds is 7. The van der Waals surface area contributed by atoms with E-state index in [1.807, 2.05) is 0 Å². The Morgan fingerprint density at radius 2 is 0.974 bits per heavy atom. The summed E-state index contributed by atoms with van der Waals surface area (Å²) in [5.74, 6) is -4.62. The molecule has 0 aliphatic heterocycles. The van der Waals surface area contributed by atoms with Gasteiger partial charge in [0.1, 0.15) is 11.2 Å². The van der Waals surface area contributed by atoms with Crippen LogP contribution in [0.4, 0.5) is 0 Å². The second kappa shape index (κ2) is 12.3. The van der Waals surface area contributed by atoms with Crippen molar-refractivity contribution in [2.45, 2.75) is 65.6 Å². The third-order valence-electron chi connectivity index (χ3n) is 4.44. The van der Waals surface area contributed by atoms with Crippen LogP contribution in [0.1, 0.15) is 95.8 Å². The van der Waals surface area contributed by atoms with Crippen LogP contribution in [0.15, 0.2) is 48.5 Å². The number of ether oxygens (including phenoxy) is 4. The first kappa shape index (κ1) is 29.9. The van der Waals surface area contributed by atoms with Crippen molar-refractivity contribution in [1.29, 1.82) is 5.41 Å². The minimum Gasteiger partial charge on any atom is -0.456 e. The van der Waals surface area contributed by atoms with E-state index in [0.29, 0.717) is 0 Å². The van der Waals surface area contributed by atoms with E-state index in [1.165, 1.54) is 48.5 Å². The highest BCUT2D eigenvalue weighted by Gasteiger charge is 2.22. The Hall–Kier alpha value is -4.34. The van der Waals surface area contributed by atoms with Crippen LogP contribution >= 0.6 is 0 Å². The highest BCUT2D eigenvalue weighted by molar-refractivity contribution is 6.02. The zero-order valence-corrected chi connectivity index (χ0v) is 22.2. The van der Waals surface area contributed by atoms with Gasteiger partial charge in [0, 0.05) is 6.42 Å². The largest absolute Gasteiger partial charge is 0.456 e. The van der Waals surface area contributed by atoms with Crippen molar-refractivity contribution >= 4 is 35.7 Å². The fourth-order valence-electron chi connectivity index (χ4n) is 2.87. The summed E-state index contributed by atoms with van der Waals surface area (Å²) in [7, 11) is 0. The molecule has 0 aromatic heterocycles. The standard InChI is InChI=1S/C28H31NO9/c1-27(2,3)37-25(33)19-11-7-9-17(15-19)23(31)35-21(29)13-14-22(30)36-24(32)18-10-8-12-20(16-18)26(34)38-28(4,5)6/h7-12,15-16,29H,13-14H2,1-6H3. The van der Waals surface area contributed by atoms with E-state index in [2.05, 4.69) is 0 Å². The van der Waals surface area contributed by atoms with Gasteiger partial charge in [0.25, 0.3) is 0 Å². The first-order chi connectivity index (χ1) is 17.5. The maximum Gasteiger partial charge on any atom is 0.345 e. The molecule has 0 aliphatic rings. The van der Waals surface area contributed by atoms with Crippen LogP contribution in [0.3, 0.4) is 0 Å². The number of benzene rings is 2. The first-order valence-electron chi connectivity index (χ1n) is 11.8. The van der Waals surface area contributed by atoms with E-state index in [1.54, 1.807) is 41.5 Å². The van der Waals surface area contributed by atoms with Crippen LogP contribution in [0.5, 0.6) is 0 Å². The summed E-state index contributed by atoms with van der Waals surface area (Å²) in [5.41, 5.74) is -1.20. The Labute approximate surface area is 220 Å². The number of nitrogens with one attached hydrogen (secondary N) is 1. The third-order valence-corrected chi connectivity index (χ3v) is 4.44. The van der Waals surface area contributed by atoms with Gasteiger partial charge in [0.15, 0.2) is 5.90 Å². The van der Waals surface area contributed by atoms with Crippen LogP contribution in [-0.2, 0) is 23.7 Å². The quantitative estimate of drug-likeness (QED) is 0.175. The molecular weight excluding hydrogens is 494 g/mol. The SMILES string of the molecule is CC(C)(C)OC(=O)c1cccc(C(=O)OC(=N)CCC(=O)OC(=O)c2cccc(C(=O)OC(C)(C)C)c2)c1. The van der Waals surface area contributed by atoms with Gasteiger partial charge in [-0.15, -0.1) is 0 Å². The van der Waals surface area contributed by atoms with Crippen LogP contribution in [0.25, 0.3) is 0 Å². The van der Waals surface area contributed by atoms with Crippen molar-refractivity contribution in [2.24, 2.45) is 0 Å². The molecule has 0 bridgehead atoms. The van der Waals surface area contributed by atoms with E-state index in [9.17, 15) is 24.0 Å². The fourth-order valence-corrected chi connectivity index (χ4v) is 2.87. The predicted octanol–water partition coefficient (Wildman–Crippen LogP) is 4.90. The summed E-state index contributed by atoms with van der Waals surface area (Å²) in [6.07, 6.45) is -0.733. The van der Waals surface area contributed by atoms with Gasteiger partial charge in [-0.3, -0.25) is 10.2 Å². The summed E-state index contributed by atoms with van der Waals surface area (Å²) in [6, 6.07) is 11.2. The van der Waals surface area contributed by atoms with Gasteiger partial charge in [-0.05, 0) is 77.9 Å². The molecular formula is C28H31NO9. The lowest BCUT2D eigenvalue weighted by atomic mass is 10.1. The van der Waals surface area contributed by atoms with Crippen molar-refractivity contribution in [2.75, 3.05) is 0 Å². The van der Waals surface area contributed by atoms with Crippen molar-refractivity contribution < 1.29 is 42.9 Å². The monoisotopic (exact) mass is 525 g/mol. The lowest BCUT2D eigenvalue weighted by Gasteiger charge is -2.19. The Balaban J connectivity index is 1.89. The molecule has 0 aliphatic carbocycles. The molecule has 0 saturated carbocycles. The molecule has 202 valence electrons. The van der Waals surface area contributed by atoms with Crippen LogP contribution in [-0.4, -0.2) is 46.9 Å². The Morgan fingerprint density at radius 1 is 0.605 bits per heavy atom. The van der Waals surface area contributed by atoms with Crippen LogP contribution < -0.4 is 0 Å². The average molecular weight is 526 g/mol. The molecule has 10 nitrogen and oxygen atoms in total. The summed E-state index contributed by atoms with van der Waals surface area (Å²) >= 11 is 0. The molecule has 2 aromatic carbocycles. The Morgan fingerprint density at radius 3 is 1.37 bits per heavy atom. The van der Waals surface area contributed by atoms with Gasteiger partial charge < -0.3 is 18.9 Å². The average Bonchev–Trinajstić information content (AvgIpc) is 2.80. The predicted molar refractivity (Wildman–Crippen MR) is 136 cm³/mol. The molecule has 10 heteroatoms. The number of carbonyl (C=O) groups excluding carboxylic acids is 5. The van der Waals surface area contributed by atoms with Gasteiger partial charge >= 0.3 is 29.8 Å². The van der Waals surface area contributed by atoms with E-state index in [-0.39, 0.29) is 28.7 Å². The van der Waals surface area contributed by atoms with Gasteiger partial charge in [-0.2, -0.15) is 0 Å². The maximum atomic E-state index is 12.4. The number of esters is 5. The van der Waals surface area contributed by atoms with E-state index < -0.39 is 53.4 Å². The smallest absolute Gasteiger partial charge is 0.345 e. The van der Waals surface area contributed by atoms with Crippen molar-refractivity contribution in [3.05, 3.63) is 70.8 Å². The molecule has 2 aromatic rings. The molecule has 0 unspecified atom stereocenters. The Kier molecular flexibility index (Phi) is 9.65. The van der Waals surface area contributed by atoms with E-state index in [4.69, 9.17) is 24.4 Å². The first-order valence-corrected chi connectivity index (χ1v) is 11.8. The summed E-state index contributed by atoms with van der Waals surface area (Å²) in [5, 5.41) is 7.83. The zero-order chi connectivity index (χ0) is 28.7. The third kappa shape index (κ3) is 9.96. The summed E-state index contributed by atoms with van der Waals surface area (Å²) < 4.78 is 20.2. The highest BCUT2D eigenvalue weighted by atomic mass is 16.6. The van der Waals surface area contributed by atoms with Crippen molar-refractivity contribution in [1.82, 2.24) is 0 Å². The van der Waals surface area contributed by atoms with Gasteiger partial charge in [0.05, 0.1) is 28.7 Å². The highest BCUT2D eigenvalue weighted by Crippen LogP contribution is 2.16. The topological polar surface area (TPSA) is 146 Å². The summed E-state index contributed by atoms with van der Waals surface area (Å²) in [6.45, 7) is 10.3. The molecule has 0 saturated heterocycles. The minimum absolute atomic E-state index is 0.0146. The van der Waals surface area contributed by atoms with Crippen LogP contribution in [0, 0.1) is 5.41 Å². The molecule has 0 heterocycles. The lowest BCUT2D eigenvalue weighted by Crippen LogP contribution is -2.24. The van der Waals surface area contributed by atoms with Crippen molar-refractivity contribution in [3.8, 4) is 0 Å². The van der Waals surface area contributed by atoms with E-state index >= 15 is 0 Å². The second-order valence-electron chi connectivity index (χ2n) is 10.2. The molecule has 0 fully saturated rings.